The van der Waals surface area contributed by atoms with E-state index in [1.54, 1.807) is 0 Å². The van der Waals surface area contributed by atoms with Gasteiger partial charge in [-0.1, -0.05) is 49.8 Å². The summed E-state index contributed by atoms with van der Waals surface area (Å²) in [5.41, 5.74) is 2.05. The zero-order valence-corrected chi connectivity index (χ0v) is 10.2. The highest BCUT2D eigenvalue weighted by Crippen LogP contribution is 2.11. The van der Waals surface area contributed by atoms with Crippen molar-refractivity contribution >= 4 is 10.9 Å². The molecule has 1 aromatic carbocycles. The maximum atomic E-state index is 4.39. The SMILES string of the molecule is CCCCCC#Cc1cnc2ccccc2c1. The van der Waals surface area contributed by atoms with Gasteiger partial charge in [-0.2, -0.15) is 0 Å². The van der Waals surface area contributed by atoms with E-state index >= 15 is 0 Å². The minimum atomic E-state index is 0.987. The fourth-order valence-electron chi connectivity index (χ4n) is 1.77. The molecule has 0 amide bonds. The van der Waals surface area contributed by atoms with Crippen molar-refractivity contribution in [3.05, 3.63) is 42.1 Å². The molecule has 0 spiro atoms. The maximum Gasteiger partial charge on any atom is 0.0702 e. The number of pyridine rings is 1. The maximum absolute atomic E-state index is 4.39. The zero-order valence-electron chi connectivity index (χ0n) is 10.2. The first kappa shape index (κ1) is 11.7. The van der Waals surface area contributed by atoms with Gasteiger partial charge in [-0.25, -0.2) is 0 Å². The molecule has 86 valence electrons. The molecule has 0 aliphatic carbocycles. The predicted octanol–water partition coefficient (Wildman–Crippen LogP) is 4.17. The van der Waals surface area contributed by atoms with Gasteiger partial charge >= 0.3 is 0 Å². The summed E-state index contributed by atoms with van der Waals surface area (Å²) in [4.78, 5) is 4.39. The summed E-state index contributed by atoms with van der Waals surface area (Å²) in [5, 5.41) is 1.16. The van der Waals surface area contributed by atoms with E-state index in [1.807, 2.05) is 24.4 Å². The molecule has 2 aromatic rings. The number of para-hydroxylation sites is 1. The van der Waals surface area contributed by atoms with E-state index in [1.165, 1.54) is 19.3 Å². The van der Waals surface area contributed by atoms with Gasteiger partial charge in [0.1, 0.15) is 0 Å². The lowest BCUT2D eigenvalue weighted by Gasteiger charge is -1.96. The van der Waals surface area contributed by atoms with Gasteiger partial charge in [0.2, 0.25) is 0 Å². The molecule has 0 bridgehead atoms. The van der Waals surface area contributed by atoms with Crippen molar-refractivity contribution in [3.8, 4) is 11.8 Å². The third-order valence-electron chi connectivity index (χ3n) is 2.73. The second-order valence-corrected chi connectivity index (χ2v) is 4.18. The number of hydrogen-bond donors (Lipinski definition) is 0. The van der Waals surface area contributed by atoms with Gasteiger partial charge in [-0.15, -0.1) is 0 Å². The topological polar surface area (TPSA) is 12.9 Å². The standard InChI is InChI=1S/C16H17N/c1-2-3-4-5-6-9-14-12-15-10-7-8-11-16(15)17-13-14/h7-8,10-13H,2-5H2,1H3. The number of aromatic nitrogens is 1. The fraction of sp³-hybridized carbons (Fsp3) is 0.312. The molecule has 0 saturated heterocycles. The Morgan fingerprint density at radius 1 is 1.18 bits per heavy atom. The van der Waals surface area contributed by atoms with Crippen molar-refractivity contribution in [2.24, 2.45) is 0 Å². The van der Waals surface area contributed by atoms with E-state index < -0.39 is 0 Å². The molecule has 0 aliphatic rings. The number of rotatable bonds is 3. The lowest BCUT2D eigenvalue weighted by atomic mass is 10.1. The van der Waals surface area contributed by atoms with Gasteiger partial charge in [-0.3, -0.25) is 4.98 Å². The van der Waals surface area contributed by atoms with E-state index in [0.29, 0.717) is 0 Å². The van der Waals surface area contributed by atoms with E-state index in [4.69, 9.17) is 0 Å². The third-order valence-corrected chi connectivity index (χ3v) is 2.73. The summed E-state index contributed by atoms with van der Waals surface area (Å²) in [6.07, 6.45) is 6.56. The molecule has 2 rings (SSSR count). The highest BCUT2D eigenvalue weighted by molar-refractivity contribution is 5.79. The van der Waals surface area contributed by atoms with Gasteiger partial charge in [0.25, 0.3) is 0 Å². The second kappa shape index (κ2) is 6.06. The normalized spacial score (nSPS) is 9.94. The summed E-state index contributed by atoms with van der Waals surface area (Å²) in [5.74, 6) is 6.39. The monoisotopic (exact) mass is 223 g/mol. The molecule has 1 heteroatoms. The highest BCUT2D eigenvalue weighted by Gasteiger charge is 1.93. The number of benzene rings is 1. The molecule has 0 aliphatic heterocycles. The van der Waals surface area contributed by atoms with E-state index in [-0.39, 0.29) is 0 Å². The Balaban J connectivity index is 2.08. The molecular formula is C16H17N. The number of unbranched alkanes of at least 4 members (excludes halogenated alkanes) is 3. The number of nitrogens with zero attached hydrogens (tertiary/aromatic N) is 1. The summed E-state index contributed by atoms with van der Waals surface area (Å²) >= 11 is 0. The summed E-state index contributed by atoms with van der Waals surface area (Å²) in [6.45, 7) is 2.21. The van der Waals surface area contributed by atoms with Crippen molar-refractivity contribution in [2.75, 3.05) is 0 Å². The predicted molar refractivity (Wildman–Crippen MR) is 72.8 cm³/mol. The van der Waals surface area contributed by atoms with Crippen LogP contribution in [0.3, 0.4) is 0 Å². The van der Waals surface area contributed by atoms with Crippen molar-refractivity contribution in [1.29, 1.82) is 0 Å². The van der Waals surface area contributed by atoms with Gasteiger partial charge in [0.15, 0.2) is 0 Å². The Bertz CT molecular complexity index is 546. The van der Waals surface area contributed by atoms with Crippen LogP contribution in [0.5, 0.6) is 0 Å². The minimum absolute atomic E-state index is 0.987. The van der Waals surface area contributed by atoms with Crippen molar-refractivity contribution in [1.82, 2.24) is 4.98 Å². The first-order valence-corrected chi connectivity index (χ1v) is 6.24. The van der Waals surface area contributed by atoms with Crippen LogP contribution in [0.25, 0.3) is 10.9 Å². The van der Waals surface area contributed by atoms with Crippen LogP contribution in [0, 0.1) is 11.8 Å². The Morgan fingerprint density at radius 2 is 2.06 bits per heavy atom. The smallest absolute Gasteiger partial charge is 0.0702 e. The summed E-state index contributed by atoms with van der Waals surface area (Å²) in [6, 6.07) is 10.2. The average molecular weight is 223 g/mol. The van der Waals surface area contributed by atoms with Crippen LogP contribution in [-0.2, 0) is 0 Å². The Kier molecular flexibility index (Phi) is 4.16. The van der Waals surface area contributed by atoms with Crippen LogP contribution < -0.4 is 0 Å². The molecule has 0 saturated carbocycles. The van der Waals surface area contributed by atoms with E-state index in [2.05, 4.69) is 35.9 Å². The Morgan fingerprint density at radius 3 is 2.94 bits per heavy atom. The zero-order chi connectivity index (χ0) is 11.9. The number of hydrogen-bond acceptors (Lipinski definition) is 1. The van der Waals surface area contributed by atoms with Gasteiger partial charge in [0.05, 0.1) is 5.52 Å². The molecule has 0 radical (unpaired) electrons. The van der Waals surface area contributed by atoms with Gasteiger partial charge in [0, 0.05) is 23.6 Å². The van der Waals surface area contributed by atoms with Crippen molar-refractivity contribution in [3.63, 3.8) is 0 Å². The van der Waals surface area contributed by atoms with Crippen LogP contribution in [0.4, 0.5) is 0 Å². The largest absolute Gasteiger partial charge is 0.255 e. The molecule has 0 atom stereocenters. The lowest BCUT2D eigenvalue weighted by Crippen LogP contribution is -1.81. The lowest BCUT2D eigenvalue weighted by molar-refractivity contribution is 0.737. The van der Waals surface area contributed by atoms with Crippen molar-refractivity contribution < 1.29 is 0 Å². The fourth-order valence-corrected chi connectivity index (χ4v) is 1.77. The molecule has 1 aromatic heterocycles. The molecule has 17 heavy (non-hydrogen) atoms. The first-order chi connectivity index (χ1) is 8.40. The first-order valence-electron chi connectivity index (χ1n) is 6.24. The van der Waals surface area contributed by atoms with E-state index in [0.717, 1.165) is 22.9 Å². The van der Waals surface area contributed by atoms with Gasteiger partial charge in [-0.05, 0) is 18.6 Å². The third kappa shape index (κ3) is 3.32. The summed E-state index contributed by atoms with van der Waals surface area (Å²) < 4.78 is 0. The molecule has 0 fully saturated rings. The van der Waals surface area contributed by atoms with Crippen LogP contribution in [0.1, 0.15) is 38.2 Å². The van der Waals surface area contributed by atoms with Crippen LogP contribution in [-0.4, -0.2) is 4.98 Å². The minimum Gasteiger partial charge on any atom is -0.255 e. The molecular weight excluding hydrogens is 206 g/mol. The molecule has 1 nitrogen and oxygen atoms in total. The van der Waals surface area contributed by atoms with Crippen LogP contribution in [0.2, 0.25) is 0 Å². The second-order valence-electron chi connectivity index (χ2n) is 4.18. The molecule has 0 N–H and O–H groups in total. The van der Waals surface area contributed by atoms with Crippen LogP contribution >= 0.6 is 0 Å². The number of fused-ring (bicyclic) bond motifs is 1. The highest BCUT2D eigenvalue weighted by atomic mass is 14.6. The van der Waals surface area contributed by atoms with E-state index in [9.17, 15) is 0 Å². The van der Waals surface area contributed by atoms with Crippen LogP contribution in [0.15, 0.2) is 36.5 Å². The summed E-state index contributed by atoms with van der Waals surface area (Å²) in [7, 11) is 0. The van der Waals surface area contributed by atoms with Gasteiger partial charge < -0.3 is 0 Å². The van der Waals surface area contributed by atoms with Crippen molar-refractivity contribution in [2.45, 2.75) is 32.6 Å². The Hall–Kier alpha value is -1.81. The average Bonchev–Trinajstić information content (AvgIpc) is 2.38. The molecule has 0 unspecified atom stereocenters. The quantitative estimate of drug-likeness (QED) is 0.562. The Labute approximate surface area is 103 Å². The molecule has 1 heterocycles.